The van der Waals surface area contributed by atoms with Gasteiger partial charge in [0.15, 0.2) is 0 Å². The number of aliphatic hydroxyl groups excluding tert-OH is 1. The van der Waals surface area contributed by atoms with Crippen molar-refractivity contribution in [2.24, 2.45) is 0 Å². The first kappa shape index (κ1) is 26.8. The first-order chi connectivity index (χ1) is 17.7. The van der Waals surface area contributed by atoms with Crippen LogP contribution >= 0.6 is 0 Å². The molecule has 1 atom stereocenters. The molecular formula is C29H26F3NO5. The Balaban J connectivity index is 1.97. The summed E-state index contributed by atoms with van der Waals surface area (Å²) in [6.07, 6.45) is -4.59. The quantitative estimate of drug-likeness (QED) is 0.236. The minimum Gasteiger partial charge on any atom is -0.508 e. The van der Waals surface area contributed by atoms with Crippen LogP contribution < -0.4 is 9.64 Å². The smallest absolute Gasteiger partial charge is 0.416 e. The number of carbonyl (C=O) groups is 2. The Bertz CT molecular complexity index is 1440. The summed E-state index contributed by atoms with van der Waals surface area (Å²) < 4.78 is 44.9. The molecule has 0 aliphatic carbocycles. The number of alkyl halides is 3. The second kappa shape index (κ2) is 9.55. The number of nitrogens with zero attached hydrogens (tertiary/aromatic N) is 1. The zero-order valence-electron chi connectivity index (χ0n) is 21.1. The molecule has 6 nitrogen and oxygen atoms in total. The van der Waals surface area contributed by atoms with E-state index in [0.717, 1.165) is 34.7 Å². The Morgan fingerprint density at radius 3 is 2.11 bits per heavy atom. The fourth-order valence-electron chi connectivity index (χ4n) is 4.42. The molecule has 0 spiro atoms. The molecule has 1 heterocycles. The highest BCUT2D eigenvalue weighted by atomic mass is 19.4. The van der Waals surface area contributed by atoms with E-state index in [9.17, 15) is 33.0 Å². The molecule has 38 heavy (non-hydrogen) atoms. The highest BCUT2D eigenvalue weighted by molar-refractivity contribution is 6.51. The van der Waals surface area contributed by atoms with Gasteiger partial charge in [0.2, 0.25) is 0 Å². The number of hydrogen-bond donors (Lipinski definition) is 2. The van der Waals surface area contributed by atoms with Crippen molar-refractivity contribution in [2.75, 3.05) is 12.0 Å². The van der Waals surface area contributed by atoms with Gasteiger partial charge in [0.05, 0.1) is 29.9 Å². The van der Waals surface area contributed by atoms with Crippen molar-refractivity contribution in [1.29, 1.82) is 0 Å². The number of methoxy groups -OCH3 is 1. The number of phenols is 1. The number of aliphatic hydroxyl groups is 1. The Morgan fingerprint density at radius 2 is 1.55 bits per heavy atom. The number of Topliss-reactive ketones (excluding diaryl/α,β-unsaturated/α-hetero) is 1. The Hall–Kier alpha value is -4.27. The van der Waals surface area contributed by atoms with E-state index in [0.29, 0.717) is 0 Å². The molecule has 1 unspecified atom stereocenters. The summed E-state index contributed by atoms with van der Waals surface area (Å²) in [4.78, 5) is 27.7. The van der Waals surface area contributed by atoms with Gasteiger partial charge in [-0.2, -0.15) is 13.2 Å². The Kier molecular flexibility index (Phi) is 6.73. The van der Waals surface area contributed by atoms with Gasteiger partial charge in [0.1, 0.15) is 17.3 Å². The SMILES string of the molecule is COc1ccc(C(C)(C)C)cc1/C(O)=C1\C(=O)C(=O)N(c2ccc(C(F)(F)F)cc2)C1c1cccc(O)c1. The average Bonchev–Trinajstić information content (AvgIpc) is 3.12. The maximum atomic E-state index is 13.4. The molecule has 3 aromatic carbocycles. The number of hydrogen-bond acceptors (Lipinski definition) is 5. The number of aromatic hydroxyl groups is 1. The van der Waals surface area contributed by atoms with E-state index >= 15 is 0 Å². The summed E-state index contributed by atoms with van der Waals surface area (Å²) in [6, 6.07) is 13.5. The van der Waals surface area contributed by atoms with E-state index in [1.807, 2.05) is 26.8 Å². The Morgan fingerprint density at radius 1 is 0.921 bits per heavy atom. The summed E-state index contributed by atoms with van der Waals surface area (Å²) in [5.74, 6) is -2.47. The molecular weight excluding hydrogens is 499 g/mol. The summed E-state index contributed by atoms with van der Waals surface area (Å²) in [6.45, 7) is 5.90. The third-order valence-electron chi connectivity index (χ3n) is 6.42. The fraction of sp³-hybridized carbons (Fsp3) is 0.241. The molecule has 0 saturated carbocycles. The minimum absolute atomic E-state index is 0.0166. The predicted molar refractivity (Wildman–Crippen MR) is 136 cm³/mol. The highest BCUT2D eigenvalue weighted by Crippen LogP contribution is 2.45. The lowest BCUT2D eigenvalue weighted by atomic mass is 9.85. The normalized spacial score (nSPS) is 17.7. The third-order valence-corrected chi connectivity index (χ3v) is 6.42. The molecule has 1 fully saturated rings. The van der Waals surface area contributed by atoms with E-state index in [-0.39, 0.29) is 39.3 Å². The number of ketones is 1. The van der Waals surface area contributed by atoms with Gasteiger partial charge in [-0.05, 0) is 65.1 Å². The Labute approximate surface area is 217 Å². The monoisotopic (exact) mass is 525 g/mol. The van der Waals surface area contributed by atoms with Crippen LogP contribution in [-0.4, -0.2) is 29.0 Å². The topological polar surface area (TPSA) is 87.1 Å². The number of ether oxygens (including phenoxy) is 1. The maximum Gasteiger partial charge on any atom is 0.416 e. The average molecular weight is 526 g/mol. The lowest BCUT2D eigenvalue weighted by molar-refractivity contribution is -0.137. The van der Waals surface area contributed by atoms with Crippen molar-refractivity contribution in [3.8, 4) is 11.5 Å². The van der Waals surface area contributed by atoms with Crippen molar-refractivity contribution in [1.82, 2.24) is 0 Å². The van der Waals surface area contributed by atoms with Crippen molar-refractivity contribution in [2.45, 2.75) is 38.4 Å². The van der Waals surface area contributed by atoms with Crippen LogP contribution in [0.15, 0.2) is 72.3 Å². The van der Waals surface area contributed by atoms with Crippen molar-refractivity contribution >= 4 is 23.1 Å². The van der Waals surface area contributed by atoms with Crippen LogP contribution in [0, 0.1) is 0 Å². The maximum absolute atomic E-state index is 13.4. The van der Waals surface area contributed by atoms with Gasteiger partial charge in [0.25, 0.3) is 11.7 Å². The molecule has 0 bridgehead atoms. The second-order valence-electron chi connectivity index (χ2n) is 9.97. The van der Waals surface area contributed by atoms with Crippen LogP contribution in [0.2, 0.25) is 0 Å². The molecule has 1 aliphatic heterocycles. The van der Waals surface area contributed by atoms with Gasteiger partial charge in [-0.15, -0.1) is 0 Å². The zero-order valence-corrected chi connectivity index (χ0v) is 21.1. The molecule has 1 amide bonds. The number of halogens is 3. The van der Waals surface area contributed by atoms with Gasteiger partial charge in [0, 0.05) is 5.69 Å². The molecule has 4 rings (SSSR count). The fourth-order valence-corrected chi connectivity index (χ4v) is 4.42. The zero-order chi connectivity index (χ0) is 28.0. The molecule has 9 heteroatoms. The first-order valence-electron chi connectivity index (χ1n) is 11.7. The van der Waals surface area contributed by atoms with Crippen LogP contribution in [0.3, 0.4) is 0 Å². The lowest BCUT2D eigenvalue weighted by Crippen LogP contribution is -2.29. The standard InChI is InChI=1S/C29H26F3NO5/c1-28(2,3)18-10-13-22(38-4)21(15-18)25(35)23-24(16-6-5-7-20(34)14-16)33(27(37)26(23)36)19-11-8-17(9-12-19)29(30,31)32/h5-15,24,34-35H,1-4H3/b25-23+. The first-order valence-corrected chi connectivity index (χ1v) is 11.7. The summed E-state index contributed by atoms with van der Waals surface area (Å²) >= 11 is 0. The molecule has 3 aromatic rings. The van der Waals surface area contributed by atoms with E-state index in [1.165, 1.54) is 25.3 Å². The van der Waals surface area contributed by atoms with Crippen molar-refractivity contribution in [3.63, 3.8) is 0 Å². The number of phenolic OH excluding ortho intramolecular Hbond substituents is 1. The molecule has 0 aromatic heterocycles. The van der Waals surface area contributed by atoms with Crippen molar-refractivity contribution < 1.29 is 37.7 Å². The van der Waals surface area contributed by atoms with E-state index in [4.69, 9.17) is 4.74 Å². The molecule has 2 N–H and O–H groups in total. The van der Waals surface area contributed by atoms with Crippen LogP contribution in [-0.2, 0) is 21.2 Å². The van der Waals surface area contributed by atoms with Gasteiger partial charge < -0.3 is 14.9 Å². The number of carbonyl (C=O) groups excluding carboxylic acids is 2. The van der Waals surface area contributed by atoms with Crippen molar-refractivity contribution in [3.05, 3.63) is 94.6 Å². The number of rotatable bonds is 4. The summed E-state index contributed by atoms with van der Waals surface area (Å²) in [5, 5.41) is 21.6. The van der Waals surface area contributed by atoms with E-state index in [2.05, 4.69) is 0 Å². The lowest BCUT2D eigenvalue weighted by Gasteiger charge is -2.26. The molecule has 198 valence electrons. The number of benzene rings is 3. The number of anilines is 1. The van der Waals surface area contributed by atoms with Crippen LogP contribution in [0.1, 0.15) is 49.1 Å². The number of amides is 1. The van der Waals surface area contributed by atoms with Crippen LogP contribution in [0.25, 0.3) is 5.76 Å². The van der Waals surface area contributed by atoms with Gasteiger partial charge in [-0.1, -0.05) is 39.0 Å². The van der Waals surface area contributed by atoms with Crippen LogP contribution in [0.4, 0.5) is 18.9 Å². The van der Waals surface area contributed by atoms with Gasteiger partial charge in [-0.25, -0.2) is 0 Å². The minimum atomic E-state index is -4.59. The largest absolute Gasteiger partial charge is 0.508 e. The van der Waals surface area contributed by atoms with Gasteiger partial charge >= 0.3 is 6.18 Å². The highest BCUT2D eigenvalue weighted by Gasteiger charge is 2.47. The second-order valence-corrected chi connectivity index (χ2v) is 9.97. The van der Waals surface area contributed by atoms with E-state index in [1.54, 1.807) is 18.2 Å². The van der Waals surface area contributed by atoms with Gasteiger partial charge in [-0.3, -0.25) is 14.5 Å². The van der Waals surface area contributed by atoms with E-state index < -0.39 is 35.2 Å². The molecule has 1 aliphatic rings. The van der Waals surface area contributed by atoms with Crippen LogP contribution in [0.5, 0.6) is 11.5 Å². The molecule has 0 radical (unpaired) electrons. The summed E-state index contributed by atoms with van der Waals surface area (Å²) in [5.41, 5.74) is -0.237. The summed E-state index contributed by atoms with van der Waals surface area (Å²) in [7, 11) is 1.40. The third kappa shape index (κ3) is 4.83. The predicted octanol–water partition coefficient (Wildman–Crippen LogP) is 6.34. The molecule has 1 saturated heterocycles.